The van der Waals surface area contributed by atoms with Crippen molar-refractivity contribution in [1.29, 1.82) is 0 Å². The summed E-state index contributed by atoms with van der Waals surface area (Å²) in [5.41, 5.74) is -0.972. The Morgan fingerprint density at radius 2 is 1.72 bits per heavy atom. The van der Waals surface area contributed by atoms with Crippen LogP contribution in [0.25, 0.3) is 0 Å². The van der Waals surface area contributed by atoms with E-state index >= 15 is 0 Å². The summed E-state index contributed by atoms with van der Waals surface area (Å²) < 4.78 is 30.9. The largest absolute Gasteiger partial charge is 0.495 e. The Balaban J connectivity index is 2.36. The van der Waals surface area contributed by atoms with Gasteiger partial charge in [0, 0.05) is 11.6 Å². The molecule has 0 saturated heterocycles. The molecule has 32 heavy (non-hydrogen) atoms. The number of rotatable bonds is 10. The van der Waals surface area contributed by atoms with Crippen molar-refractivity contribution in [2.24, 2.45) is 0 Å². The van der Waals surface area contributed by atoms with E-state index in [1.165, 1.54) is 25.3 Å². The average Bonchev–Trinajstić information content (AvgIpc) is 2.74. The fourth-order valence-corrected chi connectivity index (χ4v) is 5.04. The zero-order valence-electron chi connectivity index (χ0n) is 17.7. The number of hydrogen-bond donors (Lipinski definition) is 1. The fourth-order valence-electron chi connectivity index (χ4n) is 3.23. The van der Waals surface area contributed by atoms with Gasteiger partial charge < -0.3 is 10.1 Å². The first-order chi connectivity index (χ1) is 15.0. The molecule has 0 unspecified atom stereocenters. The van der Waals surface area contributed by atoms with Crippen molar-refractivity contribution in [3.8, 4) is 5.75 Å². The molecule has 0 fully saturated rings. The number of hydrogen-bond acceptors (Lipinski definition) is 8. The van der Waals surface area contributed by atoms with Gasteiger partial charge in [-0.25, -0.2) is 8.42 Å². The van der Waals surface area contributed by atoms with Gasteiger partial charge in [0.1, 0.15) is 5.75 Å². The van der Waals surface area contributed by atoms with Gasteiger partial charge >= 0.3 is 0 Å². The molecule has 0 aliphatic heterocycles. The summed E-state index contributed by atoms with van der Waals surface area (Å²) in [5.74, 6) is -0.475. The SMILES string of the molecule is CCC(CC)S(=O)(=O)c1ccc(OC)c(NC(=O)Cc2ccc([N+](=O)[O-])cc2[N+](=O)[O-])c1. The predicted molar refractivity (Wildman–Crippen MR) is 117 cm³/mol. The lowest BCUT2D eigenvalue weighted by Crippen LogP contribution is -2.20. The molecule has 2 aromatic rings. The Kier molecular flexibility index (Phi) is 7.87. The van der Waals surface area contributed by atoms with Crippen molar-refractivity contribution in [1.82, 2.24) is 0 Å². The molecule has 0 spiro atoms. The molecule has 2 aromatic carbocycles. The summed E-state index contributed by atoms with van der Waals surface area (Å²) in [5, 5.41) is 24.1. The third kappa shape index (κ3) is 5.38. The highest BCUT2D eigenvalue weighted by Crippen LogP contribution is 2.31. The molecule has 11 nitrogen and oxygen atoms in total. The van der Waals surface area contributed by atoms with E-state index in [0.29, 0.717) is 12.8 Å². The van der Waals surface area contributed by atoms with Gasteiger partial charge in [-0.3, -0.25) is 25.0 Å². The van der Waals surface area contributed by atoms with E-state index in [1.54, 1.807) is 13.8 Å². The second-order valence-electron chi connectivity index (χ2n) is 6.90. The number of nitrogens with one attached hydrogen (secondary N) is 1. The van der Waals surface area contributed by atoms with E-state index in [0.717, 1.165) is 18.2 Å². The highest BCUT2D eigenvalue weighted by molar-refractivity contribution is 7.92. The molecular formula is C20H23N3O8S. The minimum Gasteiger partial charge on any atom is -0.495 e. The second-order valence-corrected chi connectivity index (χ2v) is 9.13. The Morgan fingerprint density at radius 3 is 2.25 bits per heavy atom. The first-order valence-electron chi connectivity index (χ1n) is 9.68. The van der Waals surface area contributed by atoms with Gasteiger partial charge in [0.25, 0.3) is 11.4 Å². The van der Waals surface area contributed by atoms with E-state index in [4.69, 9.17) is 4.74 Å². The van der Waals surface area contributed by atoms with Crippen molar-refractivity contribution in [2.45, 2.75) is 43.3 Å². The van der Waals surface area contributed by atoms with E-state index in [-0.39, 0.29) is 21.9 Å². The van der Waals surface area contributed by atoms with Gasteiger partial charge in [0.05, 0.1) is 45.3 Å². The zero-order chi connectivity index (χ0) is 24.1. The third-order valence-corrected chi connectivity index (χ3v) is 7.41. The number of carbonyl (C=O) groups excluding carboxylic acids is 1. The molecule has 0 radical (unpaired) electrons. The minimum atomic E-state index is -3.63. The maximum absolute atomic E-state index is 12.8. The number of non-ortho nitro benzene ring substituents is 1. The molecule has 2 rings (SSSR count). The van der Waals surface area contributed by atoms with Crippen molar-refractivity contribution in [2.75, 3.05) is 12.4 Å². The lowest BCUT2D eigenvalue weighted by molar-refractivity contribution is -0.394. The van der Waals surface area contributed by atoms with E-state index < -0.39 is 48.6 Å². The Morgan fingerprint density at radius 1 is 1.06 bits per heavy atom. The smallest absolute Gasteiger partial charge is 0.279 e. The number of anilines is 1. The van der Waals surface area contributed by atoms with Crippen LogP contribution in [0, 0.1) is 20.2 Å². The molecule has 0 heterocycles. The summed E-state index contributed by atoms with van der Waals surface area (Å²) in [6, 6.07) is 7.09. The number of ether oxygens (including phenoxy) is 1. The molecule has 0 atom stereocenters. The highest BCUT2D eigenvalue weighted by atomic mass is 32.2. The first kappa shape index (κ1) is 24.7. The summed E-state index contributed by atoms with van der Waals surface area (Å²) in [4.78, 5) is 33.2. The molecule has 1 N–H and O–H groups in total. The van der Waals surface area contributed by atoms with Crippen LogP contribution >= 0.6 is 0 Å². The van der Waals surface area contributed by atoms with Crippen LogP contribution in [0.15, 0.2) is 41.3 Å². The number of amides is 1. The van der Waals surface area contributed by atoms with Crippen molar-refractivity contribution >= 4 is 32.8 Å². The summed E-state index contributed by atoms with van der Waals surface area (Å²) in [7, 11) is -2.29. The number of carbonyl (C=O) groups is 1. The van der Waals surface area contributed by atoms with Crippen LogP contribution in [0.5, 0.6) is 5.75 Å². The normalized spacial score (nSPS) is 11.2. The zero-order valence-corrected chi connectivity index (χ0v) is 18.5. The minimum absolute atomic E-state index is 0.0172. The fraction of sp³-hybridized carbons (Fsp3) is 0.350. The molecule has 1 amide bonds. The quantitative estimate of drug-likeness (QED) is 0.411. The van der Waals surface area contributed by atoms with Crippen LogP contribution in [0.4, 0.5) is 17.1 Å². The van der Waals surface area contributed by atoms with Crippen molar-refractivity contribution in [3.05, 3.63) is 62.2 Å². The van der Waals surface area contributed by atoms with E-state index in [1.807, 2.05) is 0 Å². The second kappa shape index (κ2) is 10.2. The number of nitrogens with zero attached hydrogens (tertiary/aromatic N) is 2. The summed E-state index contributed by atoms with van der Waals surface area (Å²) in [6.07, 6.45) is 0.397. The van der Waals surface area contributed by atoms with Crippen molar-refractivity contribution in [3.63, 3.8) is 0 Å². The van der Waals surface area contributed by atoms with E-state index in [9.17, 15) is 33.4 Å². The number of nitro benzene ring substituents is 2. The van der Waals surface area contributed by atoms with Crippen LogP contribution in [0.2, 0.25) is 0 Å². The van der Waals surface area contributed by atoms with Gasteiger partial charge in [-0.15, -0.1) is 0 Å². The van der Waals surface area contributed by atoms with Crippen LogP contribution in [-0.4, -0.2) is 36.5 Å². The van der Waals surface area contributed by atoms with Gasteiger partial charge in [0.2, 0.25) is 5.91 Å². The Hall–Kier alpha value is -3.54. The number of benzene rings is 2. The molecule has 12 heteroatoms. The lowest BCUT2D eigenvalue weighted by Gasteiger charge is -2.16. The summed E-state index contributed by atoms with van der Waals surface area (Å²) in [6.45, 7) is 3.55. The molecule has 0 bridgehead atoms. The first-order valence-corrected chi connectivity index (χ1v) is 11.2. The van der Waals surface area contributed by atoms with Gasteiger partial charge in [0.15, 0.2) is 9.84 Å². The lowest BCUT2D eigenvalue weighted by atomic mass is 10.1. The molecule has 172 valence electrons. The Labute approximate surface area is 184 Å². The topological polar surface area (TPSA) is 159 Å². The molecule has 0 aromatic heterocycles. The van der Waals surface area contributed by atoms with E-state index in [2.05, 4.69) is 5.32 Å². The number of methoxy groups -OCH3 is 1. The molecule has 0 aliphatic carbocycles. The monoisotopic (exact) mass is 465 g/mol. The molecule has 0 saturated carbocycles. The van der Waals surface area contributed by atoms with Crippen molar-refractivity contribution < 1.29 is 27.8 Å². The molecule has 0 aliphatic rings. The van der Waals surface area contributed by atoms with Crippen LogP contribution in [0.1, 0.15) is 32.3 Å². The maximum Gasteiger partial charge on any atom is 0.279 e. The predicted octanol–water partition coefficient (Wildman–Crippen LogP) is 3.66. The van der Waals surface area contributed by atoms with Crippen LogP contribution < -0.4 is 10.1 Å². The summed E-state index contributed by atoms with van der Waals surface area (Å²) >= 11 is 0. The Bertz CT molecular complexity index is 1140. The van der Waals surface area contributed by atoms with Crippen LogP contribution in [-0.2, 0) is 21.1 Å². The molecular weight excluding hydrogens is 442 g/mol. The number of sulfone groups is 1. The standard InChI is InChI=1S/C20H23N3O8S/c1-4-15(5-2)32(29,30)16-8-9-19(31-3)17(12-16)21-20(24)10-13-6-7-14(22(25)26)11-18(13)23(27)28/h6-9,11-12,15H,4-5,10H2,1-3H3,(H,21,24). The highest BCUT2D eigenvalue weighted by Gasteiger charge is 2.26. The average molecular weight is 465 g/mol. The van der Waals surface area contributed by atoms with Crippen LogP contribution in [0.3, 0.4) is 0 Å². The number of nitro groups is 2. The van der Waals surface area contributed by atoms with Gasteiger partial charge in [-0.1, -0.05) is 13.8 Å². The maximum atomic E-state index is 12.8. The van der Waals surface area contributed by atoms with Gasteiger partial charge in [-0.05, 0) is 37.1 Å². The van der Waals surface area contributed by atoms with Gasteiger partial charge in [-0.2, -0.15) is 0 Å². The third-order valence-electron chi connectivity index (χ3n) is 4.95.